The lowest BCUT2D eigenvalue weighted by atomic mass is 9.92. The van der Waals surface area contributed by atoms with Crippen LogP contribution in [0.1, 0.15) is 37.4 Å². The third-order valence-electron chi connectivity index (χ3n) is 2.90. The first-order chi connectivity index (χ1) is 6.58. The summed E-state index contributed by atoms with van der Waals surface area (Å²) in [5.74, 6) is -2.45. The summed E-state index contributed by atoms with van der Waals surface area (Å²) in [4.78, 5) is 0. The van der Waals surface area contributed by atoms with E-state index in [1.807, 2.05) is 17.7 Å². The van der Waals surface area contributed by atoms with Gasteiger partial charge in [-0.2, -0.15) is 5.10 Å². The van der Waals surface area contributed by atoms with Gasteiger partial charge in [0, 0.05) is 24.7 Å². The van der Waals surface area contributed by atoms with E-state index in [-0.39, 0.29) is 18.9 Å². The van der Waals surface area contributed by atoms with Crippen molar-refractivity contribution in [2.45, 2.75) is 44.6 Å². The molecule has 0 amide bonds. The molecule has 1 heterocycles. The van der Waals surface area contributed by atoms with Gasteiger partial charge in [0.15, 0.2) is 0 Å². The van der Waals surface area contributed by atoms with Crippen molar-refractivity contribution in [3.05, 3.63) is 18.0 Å². The molecule has 0 spiro atoms. The quantitative estimate of drug-likeness (QED) is 0.681. The van der Waals surface area contributed by atoms with Crippen molar-refractivity contribution in [1.82, 2.24) is 9.78 Å². The first-order valence-electron chi connectivity index (χ1n) is 4.96. The SMILES string of the molecule is Cc1ccnn1C1CCC(F)(F)CC1. The van der Waals surface area contributed by atoms with Crippen LogP contribution in [0.2, 0.25) is 0 Å². The summed E-state index contributed by atoms with van der Waals surface area (Å²) in [5, 5.41) is 4.16. The molecule has 1 aromatic rings. The first kappa shape index (κ1) is 9.62. The Kier molecular flexibility index (Phi) is 2.29. The number of aromatic nitrogens is 2. The smallest absolute Gasteiger partial charge is 0.248 e. The van der Waals surface area contributed by atoms with Crippen molar-refractivity contribution in [1.29, 1.82) is 0 Å². The van der Waals surface area contributed by atoms with E-state index in [1.165, 1.54) is 0 Å². The summed E-state index contributed by atoms with van der Waals surface area (Å²) in [6.07, 6.45) is 2.79. The number of alkyl halides is 2. The average Bonchev–Trinajstić information content (AvgIpc) is 2.52. The number of hydrogen-bond donors (Lipinski definition) is 0. The van der Waals surface area contributed by atoms with Crippen LogP contribution in [0.25, 0.3) is 0 Å². The van der Waals surface area contributed by atoms with Crippen LogP contribution >= 0.6 is 0 Å². The number of rotatable bonds is 1. The molecule has 1 fully saturated rings. The summed E-state index contributed by atoms with van der Waals surface area (Å²) in [7, 11) is 0. The minimum Gasteiger partial charge on any atom is -0.267 e. The van der Waals surface area contributed by atoms with E-state index in [4.69, 9.17) is 0 Å². The molecule has 1 aromatic heterocycles. The Labute approximate surface area is 81.9 Å². The molecule has 0 unspecified atom stereocenters. The fourth-order valence-electron chi connectivity index (χ4n) is 2.03. The van der Waals surface area contributed by atoms with Gasteiger partial charge in [0.05, 0.1) is 6.04 Å². The molecule has 1 aliphatic rings. The van der Waals surface area contributed by atoms with Gasteiger partial charge in [-0.25, -0.2) is 8.78 Å². The Morgan fingerprint density at radius 1 is 1.43 bits per heavy atom. The normalized spacial score (nSPS) is 22.5. The van der Waals surface area contributed by atoms with Crippen molar-refractivity contribution in [3.8, 4) is 0 Å². The maximum absolute atomic E-state index is 12.9. The zero-order chi connectivity index (χ0) is 10.2. The minimum absolute atomic E-state index is 0.00301. The maximum atomic E-state index is 12.9. The van der Waals surface area contributed by atoms with Crippen LogP contribution in [0.3, 0.4) is 0 Å². The number of aryl methyl sites for hydroxylation is 1. The van der Waals surface area contributed by atoms with Crippen molar-refractivity contribution in [2.75, 3.05) is 0 Å². The Morgan fingerprint density at radius 2 is 2.07 bits per heavy atom. The average molecular weight is 200 g/mol. The third-order valence-corrected chi connectivity index (χ3v) is 2.90. The summed E-state index contributed by atoms with van der Waals surface area (Å²) < 4.78 is 27.7. The fraction of sp³-hybridized carbons (Fsp3) is 0.700. The Hall–Kier alpha value is -0.930. The predicted octanol–water partition coefficient (Wildman–Crippen LogP) is 2.94. The number of halogens is 2. The number of nitrogens with zero attached hydrogens (tertiary/aromatic N) is 2. The predicted molar refractivity (Wildman–Crippen MR) is 49.4 cm³/mol. The molecule has 1 saturated carbocycles. The minimum atomic E-state index is -2.45. The summed E-state index contributed by atoms with van der Waals surface area (Å²) in [5.41, 5.74) is 1.06. The van der Waals surface area contributed by atoms with Gasteiger partial charge in [-0.15, -0.1) is 0 Å². The van der Waals surface area contributed by atoms with Crippen LogP contribution in [-0.4, -0.2) is 15.7 Å². The molecule has 0 N–H and O–H groups in total. The lowest BCUT2D eigenvalue weighted by Gasteiger charge is -2.29. The van der Waals surface area contributed by atoms with Crippen LogP contribution < -0.4 is 0 Å². The first-order valence-corrected chi connectivity index (χ1v) is 4.96. The van der Waals surface area contributed by atoms with Gasteiger partial charge >= 0.3 is 0 Å². The largest absolute Gasteiger partial charge is 0.267 e. The second-order valence-electron chi connectivity index (χ2n) is 4.00. The van der Waals surface area contributed by atoms with E-state index in [1.54, 1.807) is 6.20 Å². The highest BCUT2D eigenvalue weighted by atomic mass is 19.3. The summed E-state index contributed by atoms with van der Waals surface area (Å²) >= 11 is 0. The fourth-order valence-corrected chi connectivity index (χ4v) is 2.03. The monoisotopic (exact) mass is 200 g/mol. The standard InChI is InChI=1S/C10H14F2N2/c1-8-4-7-13-14(8)9-2-5-10(11,12)6-3-9/h4,7,9H,2-3,5-6H2,1H3. The molecule has 0 radical (unpaired) electrons. The Morgan fingerprint density at radius 3 is 2.57 bits per heavy atom. The maximum Gasteiger partial charge on any atom is 0.248 e. The molecule has 78 valence electrons. The molecule has 0 bridgehead atoms. The van der Waals surface area contributed by atoms with Crippen LogP contribution in [0.15, 0.2) is 12.3 Å². The Bertz CT molecular complexity index is 310. The lowest BCUT2D eigenvalue weighted by Crippen LogP contribution is -2.27. The van der Waals surface area contributed by atoms with E-state index in [2.05, 4.69) is 5.10 Å². The topological polar surface area (TPSA) is 17.8 Å². The second kappa shape index (κ2) is 3.33. The molecule has 14 heavy (non-hydrogen) atoms. The molecule has 0 atom stereocenters. The van der Waals surface area contributed by atoms with Crippen molar-refractivity contribution in [3.63, 3.8) is 0 Å². The van der Waals surface area contributed by atoms with E-state index in [9.17, 15) is 8.78 Å². The lowest BCUT2D eigenvalue weighted by molar-refractivity contribution is -0.0451. The highest BCUT2D eigenvalue weighted by Crippen LogP contribution is 2.38. The second-order valence-corrected chi connectivity index (χ2v) is 4.00. The van der Waals surface area contributed by atoms with Gasteiger partial charge < -0.3 is 0 Å². The molecule has 0 aliphatic heterocycles. The van der Waals surface area contributed by atoms with Gasteiger partial charge in [0.25, 0.3) is 0 Å². The highest BCUT2D eigenvalue weighted by molar-refractivity contribution is 4.99. The molecular formula is C10H14F2N2. The molecule has 2 rings (SSSR count). The summed E-state index contributed by atoms with van der Waals surface area (Å²) in [6, 6.07) is 2.08. The third kappa shape index (κ3) is 1.79. The van der Waals surface area contributed by atoms with E-state index in [0.717, 1.165) is 5.69 Å². The van der Waals surface area contributed by atoms with Gasteiger partial charge in [-0.1, -0.05) is 0 Å². The van der Waals surface area contributed by atoms with Crippen LogP contribution in [-0.2, 0) is 0 Å². The zero-order valence-corrected chi connectivity index (χ0v) is 8.21. The van der Waals surface area contributed by atoms with Gasteiger partial charge in [0.2, 0.25) is 5.92 Å². The molecule has 0 aromatic carbocycles. The summed E-state index contributed by atoms with van der Waals surface area (Å²) in [6.45, 7) is 1.96. The van der Waals surface area contributed by atoms with E-state index < -0.39 is 5.92 Å². The highest BCUT2D eigenvalue weighted by Gasteiger charge is 2.35. The Balaban J connectivity index is 2.06. The molecule has 1 aliphatic carbocycles. The van der Waals surface area contributed by atoms with E-state index >= 15 is 0 Å². The van der Waals surface area contributed by atoms with Crippen molar-refractivity contribution >= 4 is 0 Å². The van der Waals surface area contributed by atoms with Crippen molar-refractivity contribution in [2.24, 2.45) is 0 Å². The molecule has 0 saturated heterocycles. The van der Waals surface area contributed by atoms with E-state index in [0.29, 0.717) is 12.8 Å². The molecule has 2 nitrogen and oxygen atoms in total. The zero-order valence-electron chi connectivity index (χ0n) is 8.21. The van der Waals surface area contributed by atoms with Crippen molar-refractivity contribution < 1.29 is 8.78 Å². The van der Waals surface area contributed by atoms with Gasteiger partial charge in [-0.05, 0) is 25.8 Å². The van der Waals surface area contributed by atoms with Crippen LogP contribution in [0.4, 0.5) is 8.78 Å². The molecule has 4 heteroatoms. The van der Waals surface area contributed by atoms with Crippen LogP contribution in [0.5, 0.6) is 0 Å². The molecular weight excluding hydrogens is 186 g/mol. The van der Waals surface area contributed by atoms with Gasteiger partial charge in [-0.3, -0.25) is 4.68 Å². The number of hydrogen-bond acceptors (Lipinski definition) is 1. The van der Waals surface area contributed by atoms with Crippen LogP contribution in [0, 0.1) is 6.92 Å². The van der Waals surface area contributed by atoms with Gasteiger partial charge in [0.1, 0.15) is 0 Å².